The molecule has 0 spiro atoms. The quantitative estimate of drug-likeness (QED) is 0.512. The van der Waals surface area contributed by atoms with Gasteiger partial charge < -0.3 is 26.0 Å². The van der Waals surface area contributed by atoms with Gasteiger partial charge in [-0.2, -0.15) is 0 Å². The van der Waals surface area contributed by atoms with Crippen LogP contribution in [0.25, 0.3) is 0 Å². The minimum atomic E-state index is -0.851. The number of benzene rings is 1. The van der Waals surface area contributed by atoms with E-state index in [-0.39, 0.29) is 34.9 Å². The Morgan fingerprint density at radius 2 is 2.15 bits per heavy atom. The molecule has 0 aromatic heterocycles. The van der Waals surface area contributed by atoms with E-state index >= 15 is 0 Å². The molecule has 0 aliphatic carbocycles. The van der Waals surface area contributed by atoms with Crippen molar-refractivity contribution in [3.8, 4) is 5.75 Å². The van der Waals surface area contributed by atoms with Gasteiger partial charge in [0.15, 0.2) is 0 Å². The molecule has 1 aromatic rings. The van der Waals surface area contributed by atoms with Crippen molar-refractivity contribution in [2.24, 2.45) is 5.92 Å². The van der Waals surface area contributed by atoms with Crippen molar-refractivity contribution in [2.75, 3.05) is 25.9 Å². The molecule has 0 bridgehead atoms. The molecule has 1 fully saturated rings. The van der Waals surface area contributed by atoms with Crippen LogP contribution in [-0.4, -0.2) is 59.5 Å². The summed E-state index contributed by atoms with van der Waals surface area (Å²) in [5.74, 6) is -1.09. The number of carboxylic acid groups (broad SMARTS) is 1. The van der Waals surface area contributed by atoms with Gasteiger partial charge in [-0.15, -0.1) is 0 Å². The maximum Gasteiger partial charge on any atom is 0.303 e. The molecule has 1 aromatic carbocycles. The number of nitrogens with two attached hydrogens (primary N) is 1. The second-order valence-corrected chi connectivity index (χ2v) is 7.16. The number of carboxylic acids is 1. The Kier molecular flexibility index (Phi) is 7.29. The Bertz CT molecular complexity index is 700. The topological polar surface area (TPSA) is 125 Å². The Morgan fingerprint density at radius 1 is 1.44 bits per heavy atom. The molecule has 0 saturated carbocycles. The van der Waals surface area contributed by atoms with Crippen molar-refractivity contribution in [3.63, 3.8) is 0 Å². The lowest BCUT2D eigenvalue weighted by atomic mass is 9.91. The van der Waals surface area contributed by atoms with Gasteiger partial charge in [0.1, 0.15) is 12.0 Å². The van der Waals surface area contributed by atoms with Crippen LogP contribution in [0.5, 0.6) is 5.75 Å². The highest BCUT2D eigenvalue weighted by Crippen LogP contribution is 2.30. The third kappa shape index (κ3) is 5.24. The molecule has 5 N–H and O–H groups in total. The molecule has 8 nitrogen and oxygen atoms in total. The summed E-state index contributed by atoms with van der Waals surface area (Å²) >= 11 is 6.02. The summed E-state index contributed by atoms with van der Waals surface area (Å²) < 4.78 is 5.22. The molecule has 1 amide bonds. The number of carbonyl (C=O) groups excluding carboxylic acids is 1. The molecule has 150 valence electrons. The first-order valence-corrected chi connectivity index (χ1v) is 9.20. The second kappa shape index (κ2) is 9.25. The van der Waals surface area contributed by atoms with Crippen molar-refractivity contribution in [3.05, 3.63) is 22.7 Å². The van der Waals surface area contributed by atoms with Crippen LogP contribution < -0.4 is 15.8 Å². The lowest BCUT2D eigenvalue weighted by Crippen LogP contribution is -2.55. The van der Waals surface area contributed by atoms with Crippen LogP contribution in [0.1, 0.15) is 36.5 Å². The lowest BCUT2D eigenvalue weighted by Gasteiger charge is -2.41. The molecule has 27 heavy (non-hydrogen) atoms. The summed E-state index contributed by atoms with van der Waals surface area (Å²) in [4.78, 5) is 25.2. The number of aliphatic hydroxyl groups is 1. The molecule has 0 radical (unpaired) electrons. The number of piperidine rings is 1. The average molecular weight is 400 g/mol. The zero-order valence-corrected chi connectivity index (χ0v) is 16.2. The fraction of sp³-hybridized carbons (Fsp3) is 0.556. The summed E-state index contributed by atoms with van der Waals surface area (Å²) in [7, 11) is 1.45. The van der Waals surface area contributed by atoms with E-state index in [1.165, 1.54) is 19.2 Å². The van der Waals surface area contributed by atoms with E-state index in [0.717, 1.165) is 0 Å². The Morgan fingerprint density at radius 3 is 2.78 bits per heavy atom. The summed E-state index contributed by atoms with van der Waals surface area (Å²) in [6.07, 6.45) is 0.421. The number of hydrogen-bond acceptors (Lipinski definition) is 6. The first-order valence-electron chi connectivity index (χ1n) is 8.82. The van der Waals surface area contributed by atoms with Crippen molar-refractivity contribution in [2.45, 2.75) is 38.5 Å². The molecule has 1 aliphatic rings. The lowest BCUT2D eigenvalue weighted by molar-refractivity contribution is -0.137. The van der Waals surface area contributed by atoms with Crippen LogP contribution in [-0.2, 0) is 4.79 Å². The number of anilines is 1. The van der Waals surface area contributed by atoms with Crippen LogP contribution in [0.15, 0.2) is 12.1 Å². The number of likely N-dealkylation sites (tertiary alicyclic amines) is 1. The van der Waals surface area contributed by atoms with E-state index in [9.17, 15) is 14.7 Å². The van der Waals surface area contributed by atoms with Gasteiger partial charge in [-0.1, -0.05) is 18.5 Å². The first-order chi connectivity index (χ1) is 12.7. The molecular weight excluding hydrogens is 374 g/mol. The van der Waals surface area contributed by atoms with Crippen LogP contribution >= 0.6 is 11.6 Å². The molecule has 9 heteroatoms. The molecule has 1 heterocycles. The van der Waals surface area contributed by atoms with Gasteiger partial charge in [-0.25, -0.2) is 0 Å². The number of methoxy groups -OCH3 is 1. The first kappa shape index (κ1) is 21.3. The maximum absolute atomic E-state index is 12.7. The number of nitrogens with one attached hydrogen (secondary N) is 1. The smallest absolute Gasteiger partial charge is 0.303 e. The number of hydrogen-bond donors (Lipinski definition) is 4. The molecule has 3 unspecified atom stereocenters. The summed E-state index contributed by atoms with van der Waals surface area (Å²) in [5.41, 5.74) is 6.35. The van der Waals surface area contributed by atoms with E-state index in [1.807, 2.05) is 11.8 Å². The largest absolute Gasteiger partial charge is 0.496 e. The average Bonchev–Trinajstić information content (AvgIpc) is 2.62. The molecule has 2 rings (SSSR count). The number of halogens is 1. The predicted molar refractivity (Wildman–Crippen MR) is 102 cm³/mol. The Hall–Kier alpha value is -2.03. The van der Waals surface area contributed by atoms with Gasteiger partial charge in [0.05, 0.1) is 23.4 Å². The molecule has 3 atom stereocenters. The number of aliphatic carboxylic acids is 1. The number of nitrogen functional groups attached to an aromatic ring is 1. The number of nitrogens with zero attached hydrogens (tertiary/aromatic N) is 1. The number of rotatable bonds is 7. The summed E-state index contributed by atoms with van der Waals surface area (Å²) in [6.45, 7) is 2.92. The van der Waals surface area contributed by atoms with E-state index < -0.39 is 12.2 Å². The van der Waals surface area contributed by atoms with Crippen LogP contribution in [0.4, 0.5) is 5.69 Å². The summed E-state index contributed by atoms with van der Waals surface area (Å²) in [5, 5.41) is 22.4. The van der Waals surface area contributed by atoms with Gasteiger partial charge in [-0.3, -0.25) is 14.5 Å². The normalized spacial score (nSPS) is 23.0. The van der Waals surface area contributed by atoms with Crippen molar-refractivity contribution >= 4 is 29.2 Å². The molecule has 1 aliphatic heterocycles. The standard InChI is InChI=1S/C18H26ClN3O5/c1-10-14(5-7-22(18(10)26)6-3-4-16(23)24)21-17(25)11-8-12(19)13(20)9-15(11)27-2/h8-10,14,18,26H,3-7,20H2,1-2H3,(H,21,25)(H,23,24). The minimum absolute atomic E-state index is 0.0649. The van der Waals surface area contributed by atoms with E-state index in [0.29, 0.717) is 37.4 Å². The highest BCUT2D eigenvalue weighted by atomic mass is 35.5. The number of ether oxygens (including phenoxy) is 1. The Balaban J connectivity index is 2.01. The zero-order chi connectivity index (χ0) is 20.1. The molecular formula is C18H26ClN3O5. The van der Waals surface area contributed by atoms with Crippen LogP contribution in [0.3, 0.4) is 0 Å². The van der Waals surface area contributed by atoms with Gasteiger partial charge in [0, 0.05) is 37.5 Å². The Labute approximate surface area is 163 Å². The number of carbonyl (C=O) groups is 2. The van der Waals surface area contributed by atoms with E-state index in [4.69, 9.17) is 27.2 Å². The number of aliphatic hydroxyl groups excluding tert-OH is 1. The van der Waals surface area contributed by atoms with Crippen molar-refractivity contribution in [1.29, 1.82) is 0 Å². The highest BCUT2D eigenvalue weighted by molar-refractivity contribution is 6.33. The maximum atomic E-state index is 12.7. The SMILES string of the molecule is COc1cc(N)c(Cl)cc1C(=O)NC1CCN(CCCC(=O)O)C(O)C1C. The fourth-order valence-electron chi connectivity index (χ4n) is 3.28. The predicted octanol–water partition coefficient (Wildman–Crippen LogP) is 1.55. The fourth-order valence-corrected chi connectivity index (χ4v) is 3.45. The third-order valence-electron chi connectivity index (χ3n) is 4.92. The van der Waals surface area contributed by atoms with E-state index in [1.54, 1.807) is 0 Å². The second-order valence-electron chi connectivity index (χ2n) is 6.75. The van der Waals surface area contributed by atoms with Gasteiger partial charge >= 0.3 is 5.97 Å². The van der Waals surface area contributed by atoms with Crippen molar-refractivity contribution in [1.82, 2.24) is 10.2 Å². The number of amides is 1. The van der Waals surface area contributed by atoms with Gasteiger partial charge in [0.25, 0.3) is 5.91 Å². The zero-order valence-electron chi connectivity index (χ0n) is 15.4. The highest BCUT2D eigenvalue weighted by Gasteiger charge is 2.35. The van der Waals surface area contributed by atoms with Gasteiger partial charge in [-0.05, 0) is 18.9 Å². The van der Waals surface area contributed by atoms with Gasteiger partial charge in [0.2, 0.25) is 0 Å². The van der Waals surface area contributed by atoms with Crippen LogP contribution in [0.2, 0.25) is 5.02 Å². The monoisotopic (exact) mass is 399 g/mol. The van der Waals surface area contributed by atoms with Crippen molar-refractivity contribution < 1.29 is 24.5 Å². The third-order valence-corrected chi connectivity index (χ3v) is 5.25. The van der Waals surface area contributed by atoms with E-state index in [2.05, 4.69) is 5.32 Å². The minimum Gasteiger partial charge on any atom is -0.496 e. The summed E-state index contributed by atoms with van der Waals surface area (Å²) in [6, 6.07) is 2.73. The molecule has 1 saturated heterocycles. The van der Waals surface area contributed by atoms with Crippen LogP contribution in [0, 0.1) is 5.92 Å².